The van der Waals surface area contributed by atoms with E-state index in [1.165, 1.54) is 65.2 Å². The van der Waals surface area contributed by atoms with Crippen molar-refractivity contribution in [1.82, 2.24) is 47.0 Å². The lowest BCUT2D eigenvalue weighted by Gasteiger charge is -2.13. The van der Waals surface area contributed by atoms with E-state index < -0.39 is 0 Å². The van der Waals surface area contributed by atoms with Crippen LogP contribution in [-0.4, -0.2) is 47.0 Å². The van der Waals surface area contributed by atoms with Gasteiger partial charge in [-0.2, -0.15) is 0 Å². The first-order valence-electron chi connectivity index (χ1n) is 34.2. The number of para-hydroxylation sites is 8. The Morgan fingerprint density at radius 2 is 0.470 bits per heavy atom. The van der Waals surface area contributed by atoms with Gasteiger partial charge in [-0.25, -0.2) is 9.97 Å². The van der Waals surface area contributed by atoms with E-state index in [9.17, 15) is 0 Å². The van der Waals surface area contributed by atoms with Crippen molar-refractivity contribution in [2.24, 2.45) is 0 Å². The highest BCUT2D eigenvalue weighted by Crippen LogP contribution is 2.53. The zero-order valence-corrected chi connectivity index (χ0v) is 53.2. The Morgan fingerprint density at radius 1 is 0.190 bits per heavy atom. The van der Waals surface area contributed by atoms with Crippen LogP contribution >= 0.6 is 0 Å². The smallest absolute Gasteiger partial charge is 0.100 e. The normalized spacial score (nSPS) is 12.8. The number of pyridine rings is 2. The summed E-state index contributed by atoms with van der Waals surface area (Å²) in [7, 11) is 0. The fourth-order valence-corrected chi connectivity index (χ4v) is 18.6. The van der Waals surface area contributed by atoms with Crippen molar-refractivity contribution >= 4 is 207 Å². The number of fused-ring (bicyclic) bond motifs is 34. The van der Waals surface area contributed by atoms with Gasteiger partial charge in [0.2, 0.25) is 0 Å². The van der Waals surface area contributed by atoms with Gasteiger partial charge in [0.25, 0.3) is 0 Å². The Morgan fingerprint density at radius 3 is 0.790 bits per heavy atom. The molecule has 0 atom stereocenters. The summed E-state index contributed by atoms with van der Waals surface area (Å²) in [4.78, 5) is 21.9. The summed E-state index contributed by atoms with van der Waals surface area (Å²) in [6, 6.07) is 99.3. The van der Waals surface area contributed by atoms with Gasteiger partial charge < -0.3 is 27.1 Å². The third-order valence-corrected chi connectivity index (χ3v) is 22.5. The van der Waals surface area contributed by atoms with E-state index in [-0.39, 0.29) is 0 Å². The Bertz CT molecular complexity index is 7360. The molecule has 0 N–H and O–H groups in total. The maximum atomic E-state index is 6.20. The number of hydrogen-bond acceptors (Lipinski definition) is 4. The Kier molecular flexibility index (Phi) is 9.41. The molecule has 11 aromatic heterocycles. The maximum absolute atomic E-state index is 6.20. The van der Waals surface area contributed by atoms with Crippen LogP contribution in [0.3, 0.4) is 0 Å². The highest BCUT2D eigenvalue weighted by molar-refractivity contribution is 6.41. The molecule has 0 saturated heterocycles. The van der Waals surface area contributed by atoms with Crippen molar-refractivity contribution in [1.29, 1.82) is 0 Å². The van der Waals surface area contributed by atoms with Gasteiger partial charge in [0, 0.05) is 155 Å². The van der Waals surface area contributed by atoms with Crippen LogP contribution in [0.25, 0.3) is 230 Å². The minimum atomic E-state index is 0.822. The molecule has 0 saturated carbocycles. The summed E-state index contributed by atoms with van der Waals surface area (Å²) in [5.74, 6) is 0. The molecule has 25 aromatic rings. The SMILES string of the molecule is c1ccc2c(c1)c1ccccc1n2-c1ccc2c(c1)c1cc(-n3c4ccccc4c4ccccc43)cc3c4c5nc6c7ccncc7c7cnccc7c6nc5c5c6cc(-n7c8ccccc8c8ccccc87)cc7c8cc(-n9c%10ccccc%10c%10ccccc%109)ccc8n(c76)c5c4n2c13. The number of benzene rings is 14. The van der Waals surface area contributed by atoms with Crippen molar-refractivity contribution in [3.63, 3.8) is 0 Å². The van der Waals surface area contributed by atoms with Crippen LogP contribution in [0.5, 0.6) is 0 Å². The van der Waals surface area contributed by atoms with Crippen molar-refractivity contribution in [3.05, 3.63) is 292 Å². The molecule has 458 valence electrons. The van der Waals surface area contributed by atoms with Gasteiger partial charge in [-0.15, -0.1) is 0 Å². The van der Waals surface area contributed by atoms with Gasteiger partial charge in [-0.1, -0.05) is 146 Å². The Balaban J connectivity index is 0.929. The van der Waals surface area contributed by atoms with Crippen LogP contribution in [0.15, 0.2) is 292 Å². The van der Waals surface area contributed by atoms with E-state index in [0.29, 0.717) is 0 Å². The number of rotatable bonds is 4. The molecule has 10 heteroatoms. The van der Waals surface area contributed by atoms with Crippen molar-refractivity contribution in [2.75, 3.05) is 0 Å². The molecule has 0 spiro atoms. The molecular weight excluding hydrogens is 1220 g/mol. The summed E-state index contributed by atoms with van der Waals surface area (Å²) in [5, 5.41) is 22.6. The molecule has 0 amide bonds. The van der Waals surface area contributed by atoms with Gasteiger partial charge >= 0.3 is 0 Å². The molecule has 100 heavy (non-hydrogen) atoms. The molecule has 25 rings (SSSR count). The topological polar surface area (TPSA) is 80.1 Å². The predicted molar refractivity (Wildman–Crippen MR) is 414 cm³/mol. The molecular formula is C90H48N10. The summed E-state index contributed by atoms with van der Waals surface area (Å²) in [5.41, 5.74) is 23.5. The standard InChI is InChI=1S/C90H48N10/c1-9-25-71-53(17-1)54-18-2-10-26-72(54)95(71)49-33-35-79-63(41-49)65-43-51(97-75-29-13-5-21-57(75)58-22-6-14-30-76(58)97)45-67-81-85-86(94-84-62-38-40-92-48-70(62)69-47-91-39-37-61(69)83(84)93-85)82-68-46-52(98-77-31-15-7-23-59(77)60-24-8-16-32-78(60)98)44-66-64-42-50(96-73-27-11-3-19-55(73)56-20-4-12-28-74(56)96)34-36-80(64)100(88(66)68)90(82)89(81)99(79)87(65)67/h1-48H. The Labute approximate surface area is 565 Å². The van der Waals surface area contributed by atoms with Crippen LogP contribution < -0.4 is 0 Å². The molecule has 0 aliphatic carbocycles. The molecule has 0 bridgehead atoms. The van der Waals surface area contributed by atoms with Crippen molar-refractivity contribution < 1.29 is 0 Å². The lowest BCUT2D eigenvalue weighted by Crippen LogP contribution is -1.97. The van der Waals surface area contributed by atoms with E-state index in [4.69, 9.17) is 19.9 Å². The van der Waals surface area contributed by atoms with Crippen molar-refractivity contribution in [3.8, 4) is 22.7 Å². The van der Waals surface area contributed by atoms with Crippen LogP contribution in [0, 0.1) is 0 Å². The molecule has 14 aromatic carbocycles. The van der Waals surface area contributed by atoms with Crippen molar-refractivity contribution in [2.45, 2.75) is 0 Å². The van der Waals surface area contributed by atoms with Crippen LogP contribution in [0.2, 0.25) is 0 Å². The number of nitrogens with zero attached hydrogens (tertiary/aromatic N) is 10. The maximum Gasteiger partial charge on any atom is 0.100 e. The Hall–Kier alpha value is -13.7. The zero-order valence-electron chi connectivity index (χ0n) is 53.2. The third kappa shape index (κ3) is 6.23. The highest BCUT2D eigenvalue weighted by atomic mass is 15.0. The molecule has 0 fully saturated rings. The zero-order chi connectivity index (χ0) is 64.5. The highest BCUT2D eigenvalue weighted by Gasteiger charge is 2.32. The van der Waals surface area contributed by atoms with E-state index in [0.717, 1.165) is 165 Å². The summed E-state index contributed by atoms with van der Waals surface area (Å²) in [6.07, 6.45) is 7.69. The minimum Gasteiger partial charge on any atom is -0.309 e. The lowest BCUT2D eigenvalue weighted by atomic mass is 9.99. The van der Waals surface area contributed by atoms with E-state index in [1.54, 1.807) is 0 Å². The molecule has 0 aliphatic rings. The lowest BCUT2D eigenvalue weighted by molar-refractivity contribution is 1.18. The summed E-state index contributed by atoms with van der Waals surface area (Å²) >= 11 is 0. The number of aromatic nitrogens is 10. The summed E-state index contributed by atoms with van der Waals surface area (Å²) < 4.78 is 15.1. The second kappa shape index (κ2) is 18.2. The van der Waals surface area contributed by atoms with Gasteiger partial charge in [0.05, 0.1) is 88.3 Å². The van der Waals surface area contributed by atoms with E-state index in [1.807, 2.05) is 24.8 Å². The molecule has 10 nitrogen and oxygen atoms in total. The first-order valence-corrected chi connectivity index (χ1v) is 34.2. The molecule has 11 heterocycles. The predicted octanol–water partition coefficient (Wildman–Crippen LogP) is 22.6. The molecule has 0 aliphatic heterocycles. The van der Waals surface area contributed by atoms with Gasteiger partial charge in [-0.05, 0) is 121 Å². The average Bonchev–Trinajstić information content (AvgIpc) is 1.49. The van der Waals surface area contributed by atoms with Crippen LogP contribution in [-0.2, 0) is 0 Å². The molecule has 0 unspecified atom stereocenters. The first-order chi connectivity index (χ1) is 49.7. The average molecular weight is 1270 g/mol. The van der Waals surface area contributed by atoms with E-state index >= 15 is 0 Å². The van der Waals surface area contributed by atoms with Gasteiger partial charge in [0.15, 0.2) is 0 Å². The second-order valence-corrected chi connectivity index (χ2v) is 27.2. The monoisotopic (exact) mass is 1270 g/mol. The second-order valence-electron chi connectivity index (χ2n) is 27.2. The quantitative estimate of drug-likeness (QED) is 0.130. The van der Waals surface area contributed by atoms with Crippen LogP contribution in [0.1, 0.15) is 0 Å². The third-order valence-electron chi connectivity index (χ3n) is 22.5. The number of hydrogen-bond donors (Lipinski definition) is 0. The van der Waals surface area contributed by atoms with Gasteiger partial charge in [0.1, 0.15) is 11.0 Å². The summed E-state index contributed by atoms with van der Waals surface area (Å²) in [6.45, 7) is 0. The fourth-order valence-electron chi connectivity index (χ4n) is 18.6. The van der Waals surface area contributed by atoms with E-state index in [2.05, 4.69) is 294 Å². The largest absolute Gasteiger partial charge is 0.309 e. The van der Waals surface area contributed by atoms with Crippen LogP contribution in [0.4, 0.5) is 0 Å². The minimum absolute atomic E-state index is 0.822. The molecule has 0 radical (unpaired) electrons. The fraction of sp³-hybridized carbons (Fsp3) is 0. The van der Waals surface area contributed by atoms with Gasteiger partial charge in [-0.3, -0.25) is 9.97 Å². The first kappa shape index (κ1) is 51.6.